The number of piperazine rings is 1. The molecule has 0 radical (unpaired) electrons. The molecule has 0 bridgehead atoms. The van der Waals surface area contributed by atoms with Crippen molar-refractivity contribution in [1.82, 2.24) is 15.0 Å². The molecule has 0 aliphatic carbocycles. The molecular weight excluding hydrogens is 266 g/mol. The van der Waals surface area contributed by atoms with Crippen molar-refractivity contribution in [3.63, 3.8) is 0 Å². The molecule has 0 amide bonds. The number of rotatable bonds is 4. The van der Waals surface area contributed by atoms with Crippen molar-refractivity contribution in [2.24, 2.45) is 0 Å². The Labute approximate surface area is 127 Å². The van der Waals surface area contributed by atoms with Crippen LogP contribution in [0.15, 0.2) is 4.52 Å². The minimum absolute atomic E-state index is 0.546. The van der Waals surface area contributed by atoms with Gasteiger partial charge in [-0.3, -0.25) is 9.80 Å². The summed E-state index contributed by atoms with van der Waals surface area (Å²) in [5.41, 5.74) is 2.28. The highest BCUT2D eigenvalue weighted by Gasteiger charge is 2.35. The van der Waals surface area contributed by atoms with Gasteiger partial charge in [0, 0.05) is 43.8 Å². The number of nitrogens with zero attached hydrogens (tertiary/aromatic N) is 3. The molecule has 2 aliphatic heterocycles. The number of ether oxygens (including phenoxy) is 1. The Kier molecular flexibility index (Phi) is 4.62. The van der Waals surface area contributed by atoms with E-state index in [1.165, 1.54) is 18.4 Å². The highest BCUT2D eigenvalue weighted by Crippen LogP contribution is 2.23. The lowest BCUT2D eigenvalue weighted by Crippen LogP contribution is -2.61. The van der Waals surface area contributed by atoms with E-state index >= 15 is 0 Å². The Hall–Kier alpha value is -0.910. The summed E-state index contributed by atoms with van der Waals surface area (Å²) >= 11 is 0. The van der Waals surface area contributed by atoms with Crippen LogP contribution in [0.4, 0.5) is 0 Å². The molecule has 5 heteroatoms. The molecule has 5 nitrogen and oxygen atoms in total. The Morgan fingerprint density at radius 3 is 2.81 bits per heavy atom. The molecule has 3 rings (SSSR count). The highest BCUT2D eigenvalue weighted by molar-refractivity contribution is 5.20. The molecule has 0 N–H and O–H groups in total. The molecule has 21 heavy (non-hydrogen) atoms. The third-order valence-electron chi connectivity index (χ3n) is 4.89. The molecule has 0 unspecified atom stereocenters. The quantitative estimate of drug-likeness (QED) is 0.849. The molecule has 2 fully saturated rings. The van der Waals surface area contributed by atoms with E-state index in [0.717, 1.165) is 50.8 Å². The van der Waals surface area contributed by atoms with Crippen molar-refractivity contribution in [2.75, 3.05) is 32.8 Å². The molecule has 0 saturated carbocycles. The van der Waals surface area contributed by atoms with Gasteiger partial charge in [-0.15, -0.1) is 0 Å². The summed E-state index contributed by atoms with van der Waals surface area (Å²) in [7, 11) is 0. The van der Waals surface area contributed by atoms with E-state index < -0.39 is 0 Å². The summed E-state index contributed by atoms with van der Waals surface area (Å²) in [6, 6.07) is 1.17. The van der Waals surface area contributed by atoms with Crippen molar-refractivity contribution in [3.8, 4) is 0 Å². The van der Waals surface area contributed by atoms with Crippen molar-refractivity contribution in [1.29, 1.82) is 0 Å². The van der Waals surface area contributed by atoms with E-state index in [9.17, 15) is 0 Å². The van der Waals surface area contributed by atoms with Crippen LogP contribution in [0, 0.1) is 13.8 Å². The fourth-order valence-corrected chi connectivity index (χ4v) is 3.68. The normalized spacial score (nSPS) is 27.8. The van der Waals surface area contributed by atoms with E-state index in [1.807, 2.05) is 13.8 Å². The van der Waals surface area contributed by atoms with Gasteiger partial charge in [-0.1, -0.05) is 18.5 Å². The van der Waals surface area contributed by atoms with Crippen molar-refractivity contribution in [2.45, 2.75) is 52.2 Å². The molecule has 1 aromatic rings. The Balaban J connectivity index is 1.62. The van der Waals surface area contributed by atoms with Gasteiger partial charge in [0.05, 0.1) is 18.9 Å². The predicted octanol–water partition coefficient (Wildman–Crippen LogP) is 1.98. The zero-order valence-electron chi connectivity index (χ0n) is 13.5. The SMILES string of the molecule is CCC[C@H]1COC[C@H]2CN(Cc3c(C)noc3C)CCN12. The van der Waals surface area contributed by atoms with Crippen molar-refractivity contribution >= 4 is 0 Å². The van der Waals surface area contributed by atoms with Crippen LogP contribution < -0.4 is 0 Å². The fourth-order valence-electron chi connectivity index (χ4n) is 3.68. The monoisotopic (exact) mass is 293 g/mol. The third-order valence-corrected chi connectivity index (χ3v) is 4.89. The number of aryl methyl sites for hydroxylation is 2. The molecule has 0 aromatic carbocycles. The second-order valence-corrected chi connectivity index (χ2v) is 6.41. The molecule has 2 atom stereocenters. The average molecular weight is 293 g/mol. The van der Waals surface area contributed by atoms with Gasteiger partial charge in [-0.25, -0.2) is 0 Å². The van der Waals surface area contributed by atoms with Gasteiger partial charge < -0.3 is 9.26 Å². The molecule has 2 aliphatic rings. The minimum Gasteiger partial charge on any atom is -0.378 e. The van der Waals surface area contributed by atoms with E-state index in [2.05, 4.69) is 21.9 Å². The lowest BCUT2D eigenvalue weighted by Gasteiger charge is -2.48. The zero-order valence-corrected chi connectivity index (χ0v) is 13.5. The molecule has 0 spiro atoms. The van der Waals surface area contributed by atoms with Gasteiger partial charge in [-0.2, -0.15) is 0 Å². The van der Waals surface area contributed by atoms with E-state index in [1.54, 1.807) is 0 Å². The van der Waals surface area contributed by atoms with E-state index in [-0.39, 0.29) is 0 Å². The van der Waals surface area contributed by atoms with E-state index in [4.69, 9.17) is 9.26 Å². The number of aromatic nitrogens is 1. The first-order valence-electron chi connectivity index (χ1n) is 8.16. The van der Waals surface area contributed by atoms with Crippen LogP contribution >= 0.6 is 0 Å². The molecular formula is C16H27N3O2. The summed E-state index contributed by atoms with van der Waals surface area (Å²) < 4.78 is 11.1. The summed E-state index contributed by atoms with van der Waals surface area (Å²) in [6.07, 6.45) is 2.49. The lowest BCUT2D eigenvalue weighted by molar-refractivity contribution is -0.0841. The first-order valence-corrected chi connectivity index (χ1v) is 8.16. The van der Waals surface area contributed by atoms with Crippen LogP contribution in [0.25, 0.3) is 0 Å². The summed E-state index contributed by atoms with van der Waals surface area (Å²) in [6.45, 7) is 12.4. The number of hydrogen-bond acceptors (Lipinski definition) is 5. The summed E-state index contributed by atoms with van der Waals surface area (Å²) in [4.78, 5) is 5.20. The van der Waals surface area contributed by atoms with E-state index in [0.29, 0.717) is 12.1 Å². The van der Waals surface area contributed by atoms with Crippen LogP contribution in [0.5, 0.6) is 0 Å². The van der Waals surface area contributed by atoms with Gasteiger partial charge in [0.25, 0.3) is 0 Å². The Morgan fingerprint density at radius 2 is 2.10 bits per heavy atom. The zero-order chi connectivity index (χ0) is 14.8. The standard InChI is InChI=1S/C16H27N3O2/c1-4-5-14-10-20-11-15-8-18(6-7-19(14)15)9-16-12(2)17-21-13(16)3/h14-15H,4-11H2,1-3H3/t14-,15+/m0/s1. The van der Waals surface area contributed by atoms with Gasteiger partial charge in [-0.05, 0) is 20.3 Å². The predicted molar refractivity (Wildman–Crippen MR) is 81.3 cm³/mol. The van der Waals surface area contributed by atoms with Gasteiger partial charge in [0.15, 0.2) is 0 Å². The largest absolute Gasteiger partial charge is 0.378 e. The fraction of sp³-hybridized carbons (Fsp3) is 0.812. The molecule has 1 aromatic heterocycles. The molecule has 118 valence electrons. The first-order chi connectivity index (χ1) is 10.2. The maximum Gasteiger partial charge on any atom is 0.138 e. The van der Waals surface area contributed by atoms with Gasteiger partial charge in [0.1, 0.15) is 5.76 Å². The Bertz CT molecular complexity index is 453. The van der Waals surface area contributed by atoms with Crippen LogP contribution in [0.3, 0.4) is 0 Å². The number of hydrogen-bond donors (Lipinski definition) is 0. The second kappa shape index (κ2) is 6.46. The maximum absolute atomic E-state index is 5.84. The van der Waals surface area contributed by atoms with Gasteiger partial charge in [0.2, 0.25) is 0 Å². The van der Waals surface area contributed by atoms with Crippen LogP contribution in [-0.2, 0) is 11.3 Å². The third kappa shape index (κ3) is 3.15. The van der Waals surface area contributed by atoms with Crippen LogP contribution in [0.2, 0.25) is 0 Å². The van der Waals surface area contributed by atoms with Crippen LogP contribution in [0.1, 0.15) is 36.8 Å². The lowest BCUT2D eigenvalue weighted by atomic mass is 10.0. The van der Waals surface area contributed by atoms with Crippen molar-refractivity contribution < 1.29 is 9.26 Å². The Morgan fingerprint density at radius 1 is 1.24 bits per heavy atom. The number of morpholine rings is 1. The molecule has 2 saturated heterocycles. The topological polar surface area (TPSA) is 41.7 Å². The average Bonchev–Trinajstić information content (AvgIpc) is 2.80. The summed E-state index contributed by atoms with van der Waals surface area (Å²) in [5, 5.41) is 4.06. The smallest absolute Gasteiger partial charge is 0.138 e. The first kappa shape index (κ1) is 15.0. The minimum atomic E-state index is 0.546. The molecule has 3 heterocycles. The summed E-state index contributed by atoms with van der Waals surface area (Å²) in [5.74, 6) is 0.957. The maximum atomic E-state index is 5.84. The van der Waals surface area contributed by atoms with Crippen LogP contribution in [-0.4, -0.2) is 59.9 Å². The second-order valence-electron chi connectivity index (χ2n) is 6.41. The number of fused-ring (bicyclic) bond motifs is 1. The highest BCUT2D eigenvalue weighted by atomic mass is 16.5. The van der Waals surface area contributed by atoms with Gasteiger partial charge >= 0.3 is 0 Å². The van der Waals surface area contributed by atoms with Crippen molar-refractivity contribution in [3.05, 3.63) is 17.0 Å².